The number of urea groups is 1. The topological polar surface area (TPSA) is 81.8 Å². The minimum Gasteiger partial charge on any atom is -0.336 e. The Morgan fingerprint density at radius 3 is 2.50 bits per heavy atom. The number of nitrogens with one attached hydrogen (secondary N) is 2. The van der Waals surface area contributed by atoms with Gasteiger partial charge in [-0.15, -0.1) is 0 Å². The molecule has 2 aliphatic rings. The Hall–Kier alpha value is -3.06. The molecule has 2 N–H and O–H groups in total. The summed E-state index contributed by atoms with van der Waals surface area (Å²) in [6, 6.07) is 11.8. The Bertz CT molecular complexity index is 1010. The van der Waals surface area contributed by atoms with Gasteiger partial charge >= 0.3 is 6.03 Å². The largest absolute Gasteiger partial charge is 0.336 e. The van der Waals surface area contributed by atoms with Gasteiger partial charge in [-0.2, -0.15) is 0 Å². The van der Waals surface area contributed by atoms with E-state index in [2.05, 4.69) is 10.6 Å². The second-order valence-corrected chi connectivity index (χ2v) is 8.26. The summed E-state index contributed by atoms with van der Waals surface area (Å²) in [5, 5.41) is 6.34. The molecule has 7 nitrogen and oxygen atoms in total. The van der Waals surface area contributed by atoms with E-state index in [1.807, 2.05) is 32.0 Å². The molecule has 1 unspecified atom stereocenters. The number of carbonyl (C=O) groups is 3. The van der Waals surface area contributed by atoms with Crippen LogP contribution in [0.15, 0.2) is 42.5 Å². The molecular formula is C22H23ClN4O3. The molecule has 30 heavy (non-hydrogen) atoms. The SMILES string of the molecule is CC(C)NC(=O)N1CCN2C(=O)c3cc(-c4ccc(Cl)cc4)ccc3NC(=O)C2C1. The summed E-state index contributed by atoms with van der Waals surface area (Å²) in [5.41, 5.74) is 2.72. The van der Waals surface area contributed by atoms with Crippen LogP contribution in [0.2, 0.25) is 5.02 Å². The molecule has 2 aromatic rings. The minimum absolute atomic E-state index is 0.00401. The second kappa shape index (κ2) is 7.99. The monoisotopic (exact) mass is 426 g/mol. The lowest BCUT2D eigenvalue weighted by Crippen LogP contribution is -2.61. The third-order valence-corrected chi connectivity index (χ3v) is 5.58. The van der Waals surface area contributed by atoms with Crippen LogP contribution in [0.1, 0.15) is 24.2 Å². The third kappa shape index (κ3) is 3.85. The molecule has 2 aliphatic heterocycles. The fourth-order valence-electron chi connectivity index (χ4n) is 3.80. The van der Waals surface area contributed by atoms with E-state index in [9.17, 15) is 14.4 Å². The summed E-state index contributed by atoms with van der Waals surface area (Å²) in [7, 11) is 0. The van der Waals surface area contributed by atoms with Crippen LogP contribution in [0.25, 0.3) is 11.1 Å². The van der Waals surface area contributed by atoms with Crippen molar-refractivity contribution in [2.24, 2.45) is 0 Å². The number of anilines is 1. The smallest absolute Gasteiger partial charge is 0.317 e. The van der Waals surface area contributed by atoms with Gasteiger partial charge in [0.15, 0.2) is 0 Å². The Labute approximate surface area is 180 Å². The molecule has 0 radical (unpaired) electrons. The van der Waals surface area contributed by atoms with Crippen LogP contribution in [0, 0.1) is 0 Å². The van der Waals surface area contributed by atoms with Gasteiger partial charge in [0.1, 0.15) is 6.04 Å². The van der Waals surface area contributed by atoms with E-state index < -0.39 is 6.04 Å². The quantitative estimate of drug-likeness (QED) is 0.773. The molecule has 8 heteroatoms. The maximum atomic E-state index is 13.3. The highest BCUT2D eigenvalue weighted by molar-refractivity contribution is 6.30. The second-order valence-electron chi connectivity index (χ2n) is 7.82. The first-order valence-electron chi connectivity index (χ1n) is 9.91. The number of hydrogen-bond acceptors (Lipinski definition) is 3. The molecule has 4 rings (SSSR count). The lowest BCUT2D eigenvalue weighted by molar-refractivity contribution is -0.121. The predicted octanol–water partition coefficient (Wildman–Crippen LogP) is 3.20. The van der Waals surface area contributed by atoms with Crippen LogP contribution in [-0.4, -0.2) is 59.4 Å². The standard InChI is InChI=1S/C22H23ClN4O3/c1-13(2)24-22(30)26-9-10-27-19(12-26)20(28)25-18-8-5-15(11-17(18)21(27)29)14-3-6-16(23)7-4-14/h3-8,11,13,19H,9-10,12H2,1-2H3,(H,24,30)(H,25,28). The molecule has 4 amide bonds. The zero-order chi connectivity index (χ0) is 21.4. The number of hydrogen-bond donors (Lipinski definition) is 2. The molecule has 2 heterocycles. The molecule has 1 atom stereocenters. The van der Waals surface area contributed by atoms with Crippen molar-refractivity contribution in [3.05, 3.63) is 53.1 Å². The Morgan fingerprint density at radius 2 is 1.80 bits per heavy atom. The van der Waals surface area contributed by atoms with Crippen molar-refractivity contribution in [1.29, 1.82) is 0 Å². The van der Waals surface area contributed by atoms with E-state index in [4.69, 9.17) is 11.6 Å². The summed E-state index contributed by atoms with van der Waals surface area (Å²) in [4.78, 5) is 41.7. The number of nitrogens with zero attached hydrogens (tertiary/aromatic N) is 2. The average molecular weight is 427 g/mol. The molecule has 0 spiro atoms. The van der Waals surface area contributed by atoms with Gasteiger partial charge in [0, 0.05) is 24.2 Å². The van der Waals surface area contributed by atoms with E-state index in [0.717, 1.165) is 11.1 Å². The van der Waals surface area contributed by atoms with Gasteiger partial charge in [0.25, 0.3) is 5.91 Å². The Morgan fingerprint density at radius 1 is 1.10 bits per heavy atom. The highest BCUT2D eigenvalue weighted by Gasteiger charge is 2.40. The molecule has 1 saturated heterocycles. The first-order valence-corrected chi connectivity index (χ1v) is 10.3. The van der Waals surface area contributed by atoms with Gasteiger partial charge in [-0.05, 0) is 49.2 Å². The lowest BCUT2D eigenvalue weighted by Gasteiger charge is -2.39. The van der Waals surface area contributed by atoms with Gasteiger partial charge in [0.05, 0.1) is 17.8 Å². The molecule has 0 saturated carbocycles. The highest BCUT2D eigenvalue weighted by Crippen LogP contribution is 2.30. The number of benzene rings is 2. The van der Waals surface area contributed by atoms with E-state index in [1.165, 1.54) is 0 Å². The number of fused-ring (bicyclic) bond motifs is 2. The van der Waals surface area contributed by atoms with Crippen LogP contribution in [0.3, 0.4) is 0 Å². The summed E-state index contributed by atoms with van der Waals surface area (Å²) >= 11 is 5.97. The van der Waals surface area contributed by atoms with Crippen molar-refractivity contribution < 1.29 is 14.4 Å². The summed E-state index contributed by atoms with van der Waals surface area (Å²) in [6.07, 6.45) is 0. The lowest BCUT2D eigenvalue weighted by atomic mass is 10.0. The first kappa shape index (κ1) is 20.2. The van der Waals surface area contributed by atoms with Crippen molar-refractivity contribution in [3.63, 3.8) is 0 Å². The van der Waals surface area contributed by atoms with E-state index in [1.54, 1.807) is 34.1 Å². The van der Waals surface area contributed by atoms with Crippen molar-refractivity contribution in [2.45, 2.75) is 25.9 Å². The van der Waals surface area contributed by atoms with Crippen molar-refractivity contribution >= 4 is 35.1 Å². The molecule has 0 aromatic heterocycles. The van der Waals surface area contributed by atoms with Gasteiger partial charge < -0.3 is 20.4 Å². The molecule has 1 fully saturated rings. The predicted molar refractivity (Wildman–Crippen MR) is 116 cm³/mol. The van der Waals surface area contributed by atoms with Crippen molar-refractivity contribution in [1.82, 2.24) is 15.1 Å². The van der Waals surface area contributed by atoms with Crippen molar-refractivity contribution in [3.8, 4) is 11.1 Å². The molecule has 0 aliphatic carbocycles. The van der Waals surface area contributed by atoms with E-state index >= 15 is 0 Å². The molecular weight excluding hydrogens is 404 g/mol. The number of piperazine rings is 1. The van der Waals surface area contributed by atoms with E-state index in [-0.39, 0.29) is 30.4 Å². The maximum Gasteiger partial charge on any atom is 0.317 e. The zero-order valence-electron chi connectivity index (χ0n) is 16.8. The number of carbonyl (C=O) groups excluding carboxylic acids is 3. The molecule has 0 bridgehead atoms. The van der Waals surface area contributed by atoms with Crippen LogP contribution < -0.4 is 10.6 Å². The van der Waals surface area contributed by atoms with Gasteiger partial charge in [-0.25, -0.2) is 4.79 Å². The first-order chi connectivity index (χ1) is 14.3. The maximum absolute atomic E-state index is 13.3. The number of amides is 4. The van der Waals surface area contributed by atoms with Crippen LogP contribution in [0.4, 0.5) is 10.5 Å². The summed E-state index contributed by atoms with van der Waals surface area (Å²) in [5.74, 6) is -0.503. The summed E-state index contributed by atoms with van der Waals surface area (Å²) in [6.45, 7) is 4.59. The normalized spacial score (nSPS) is 18.5. The van der Waals surface area contributed by atoms with Gasteiger partial charge in [-0.3, -0.25) is 9.59 Å². The average Bonchev–Trinajstić information content (AvgIpc) is 2.82. The zero-order valence-corrected chi connectivity index (χ0v) is 17.6. The highest BCUT2D eigenvalue weighted by atomic mass is 35.5. The van der Waals surface area contributed by atoms with Crippen LogP contribution in [-0.2, 0) is 4.79 Å². The summed E-state index contributed by atoms with van der Waals surface area (Å²) < 4.78 is 0. The Balaban J connectivity index is 1.62. The molecule has 156 valence electrons. The number of halogens is 1. The molecule has 2 aromatic carbocycles. The fraction of sp³-hybridized carbons (Fsp3) is 0.318. The van der Waals surface area contributed by atoms with Crippen molar-refractivity contribution in [2.75, 3.05) is 25.0 Å². The van der Waals surface area contributed by atoms with Gasteiger partial charge in [0.2, 0.25) is 5.91 Å². The minimum atomic E-state index is -0.726. The van der Waals surface area contributed by atoms with Crippen LogP contribution in [0.5, 0.6) is 0 Å². The van der Waals surface area contributed by atoms with Gasteiger partial charge in [-0.1, -0.05) is 29.8 Å². The third-order valence-electron chi connectivity index (χ3n) is 5.33. The fourth-order valence-corrected chi connectivity index (χ4v) is 3.92. The Kier molecular flexibility index (Phi) is 5.39. The van der Waals surface area contributed by atoms with E-state index in [0.29, 0.717) is 29.4 Å². The van der Waals surface area contributed by atoms with Crippen LogP contribution >= 0.6 is 11.6 Å². The number of rotatable bonds is 2.